The molecule has 1 aliphatic rings. The van der Waals surface area contributed by atoms with Gasteiger partial charge in [-0.15, -0.1) is 6.42 Å². The maximum absolute atomic E-state index is 11.0. The summed E-state index contributed by atoms with van der Waals surface area (Å²) in [6.07, 6.45) is 10.1. The fourth-order valence-electron chi connectivity index (χ4n) is 1.37. The first kappa shape index (κ1) is 12.3. The summed E-state index contributed by atoms with van der Waals surface area (Å²) in [5, 5.41) is 22.7. The van der Waals surface area contributed by atoms with Gasteiger partial charge in [-0.05, 0) is 0 Å². The molecule has 7 nitrogen and oxygen atoms in total. The van der Waals surface area contributed by atoms with Crippen molar-refractivity contribution in [2.45, 2.75) is 0 Å². The molecule has 4 N–H and O–H groups in total. The maximum atomic E-state index is 11.0. The quantitative estimate of drug-likeness (QED) is 0.277. The van der Waals surface area contributed by atoms with E-state index in [0.29, 0.717) is 11.1 Å². The molecule has 1 rings (SSSR count). The summed E-state index contributed by atoms with van der Waals surface area (Å²) in [6, 6.07) is -0.742. The molecule has 0 aromatic heterocycles. The predicted octanol–water partition coefficient (Wildman–Crippen LogP) is 0.318. The lowest BCUT2D eigenvalue weighted by Gasteiger charge is -2.23. The van der Waals surface area contributed by atoms with Crippen molar-refractivity contribution in [3.8, 4) is 12.3 Å². The smallest absolute Gasteiger partial charge is 0.322 e. The zero-order valence-electron chi connectivity index (χ0n) is 8.69. The highest BCUT2D eigenvalue weighted by molar-refractivity contribution is 5.91. The van der Waals surface area contributed by atoms with Crippen LogP contribution in [0.5, 0.6) is 0 Å². The Balaban J connectivity index is 3.22. The number of amides is 2. The molecule has 0 radical (unpaired) electrons. The molecule has 17 heavy (non-hydrogen) atoms. The number of nitrogens with two attached hydrogens (primary N) is 1. The van der Waals surface area contributed by atoms with Gasteiger partial charge in [0.05, 0.1) is 18.3 Å². The van der Waals surface area contributed by atoms with E-state index in [1.54, 1.807) is 0 Å². The molecule has 0 bridgehead atoms. The second-order valence-electron chi connectivity index (χ2n) is 3.09. The average Bonchev–Trinajstić information content (AvgIpc) is 2.29. The normalized spacial score (nSPS) is 20.2. The van der Waals surface area contributed by atoms with Crippen molar-refractivity contribution in [2.75, 3.05) is 0 Å². The minimum atomic E-state index is -0.742. The summed E-state index contributed by atoms with van der Waals surface area (Å²) in [5.74, 6) is 1.83. The molecule has 0 saturated heterocycles. The first-order valence-corrected chi connectivity index (χ1v) is 4.46. The topological polar surface area (TPSA) is 112 Å². The molecular weight excluding hydrogens is 224 g/mol. The van der Waals surface area contributed by atoms with E-state index in [9.17, 15) is 4.79 Å². The summed E-state index contributed by atoms with van der Waals surface area (Å²) in [7, 11) is 0. The van der Waals surface area contributed by atoms with Gasteiger partial charge in [0.2, 0.25) is 0 Å². The maximum Gasteiger partial charge on any atom is 0.322 e. The lowest BCUT2D eigenvalue weighted by molar-refractivity contribution is 0.234. The van der Waals surface area contributed by atoms with Crippen LogP contribution in [-0.4, -0.2) is 33.8 Å². The van der Waals surface area contributed by atoms with Crippen molar-refractivity contribution < 1.29 is 15.2 Å². The van der Waals surface area contributed by atoms with Crippen molar-refractivity contribution in [1.82, 2.24) is 4.90 Å². The standard InChI is InChI=1S/C10H10N4O3/c1-2-9-7(3-12-16)5-14(10(11)15)6-8(9)4-13-17/h1,3-6,9,16-17H,(H2,11,15). The number of allylic oxidation sites excluding steroid dienone is 2. The highest BCUT2D eigenvalue weighted by Gasteiger charge is 2.22. The number of rotatable bonds is 2. The van der Waals surface area contributed by atoms with Crippen LogP contribution in [0.1, 0.15) is 0 Å². The fourth-order valence-corrected chi connectivity index (χ4v) is 1.37. The monoisotopic (exact) mass is 234 g/mol. The van der Waals surface area contributed by atoms with E-state index in [0.717, 1.165) is 17.3 Å². The Hall–Kier alpha value is -2.75. The molecule has 0 fully saturated rings. The minimum Gasteiger partial charge on any atom is -0.411 e. The van der Waals surface area contributed by atoms with Crippen LogP contribution in [0.2, 0.25) is 0 Å². The van der Waals surface area contributed by atoms with E-state index in [4.69, 9.17) is 22.6 Å². The van der Waals surface area contributed by atoms with Crippen molar-refractivity contribution >= 4 is 18.5 Å². The molecule has 0 spiro atoms. The average molecular weight is 234 g/mol. The van der Waals surface area contributed by atoms with Gasteiger partial charge in [0.1, 0.15) is 0 Å². The Kier molecular flexibility index (Phi) is 3.89. The lowest BCUT2D eigenvalue weighted by atomic mass is 9.91. The van der Waals surface area contributed by atoms with Crippen LogP contribution < -0.4 is 5.73 Å². The molecule has 2 amide bonds. The number of carbonyl (C=O) groups excluding carboxylic acids is 1. The van der Waals surface area contributed by atoms with Gasteiger partial charge in [0, 0.05) is 23.5 Å². The van der Waals surface area contributed by atoms with E-state index < -0.39 is 11.9 Å². The van der Waals surface area contributed by atoms with Gasteiger partial charge in [0.15, 0.2) is 0 Å². The number of carbonyl (C=O) groups is 1. The number of terminal acetylenes is 1. The SMILES string of the molecule is C#CC1C(C=NO)=CN(C(N)=O)C=C1C=NO. The second kappa shape index (κ2) is 5.37. The molecule has 1 aliphatic heterocycles. The summed E-state index contributed by atoms with van der Waals surface area (Å²) in [5.41, 5.74) is 5.84. The first-order valence-electron chi connectivity index (χ1n) is 4.46. The van der Waals surface area contributed by atoms with E-state index in [2.05, 4.69) is 16.2 Å². The van der Waals surface area contributed by atoms with Gasteiger partial charge in [0.25, 0.3) is 0 Å². The van der Waals surface area contributed by atoms with Crippen LogP contribution in [0.4, 0.5) is 4.79 Å². The summed E-state index contributed by atoms with van der Waals surface area (Å²) < 4.78 is 0. The predicted molar refractivity (Wildman–Crippen MR) is 60.5 cm³/mol. The van der Waals surface area contributed by atoms with Crippen LogP contribution >= 0.6 is 0 Å². The summed E-state index contributed by atoms with van der Waals surface area (Å²) in [4.78, 5) is 12.1. The molecule has 0 unspecified atom stereocenters. The number of primary amides is 1. The van der Waals surface area contributed by atoms with Crippen LogP contribution in [0.3, 0.4) is 0 Å². The molecule has 7 heteroatoms. The molecule has 0 aromatic carbocycles. The Morgan fingerprint density at radius 2 is 1.88 bits per heavy atom. The number of hydrogen-bond donors (Lipinski definition) is 3. The molecule has 88 valence electrons. The summed E-state index contributed by atoms with van der Waals surface area (Å²) >= 11 is 0. The van der Waals surface area contributed by atoms with E-state index in [-0.39, 0.29) is 0 Å². The van der Waals surface area contributed by atoms with Gasteiger partial charge in [-0.2, -0.15) is 0 Å². The highest BCUT2D eigenvalue weighted by Crippen LogP contribution is 2.23. The Morgan fingerprint density at radius 3 is 2.18 bits per heavy atom. The number of hydrogen-bond acceptors (Lipinski definition) is 5. The van der Waals surface area contributed by atoms with E-state index in [1.165, 1.54) is 12.4 Å². The summed E-state index contributed by atoms with van der Waals surface area (Å²) in [6.45, 7) is 0. The molecule has 0 saturated carbocycles. The van der Waals surface area contributed by atoms with Crippen LogP contribution in [0.15, 0.2) is 33.9 Å². The molecule has 1 heterocycles. The third-order valence-corrected chi connectivity index (χ3v) is 2.08. The Labute approximate surface area is 97.2 Å². The van der Waals surface area contributed by atoms with Gasteiger partial charge in [-0.25, -0.2) is 4.79 Å². The third-order valence-electron chi connectivity index (χ3n) is 2.08. The van der Waals surface area contributed by atoms with Gasteiger partial charge >= 0.3 is 6.03 Å². The van der Waals surface area contributed by atoms with E-state index >= 15 is 0 Å². The number of nitrogens with zero attached hydrogens (tertiary/aromatic N) is 3. The highest BCUT2D eigenvalue weighted by atomic mass is 16.4. The zero-order valence-corrected chi connectivity index (χ0v) is 8.69. The van der Waals surface area contributed by atoms with Gasteiger partial charge in [-0.3, -0.25) is 4.90 Å². The van der Waals surface area contributed by atoms with Crippen LogP contribution in [-0.2, 0) is 0 Å². The fraction of sp³-hybridized carbons (Fsp3) is 0.100. The first-order chi connectivity index (χ1) is 8.13. The van der Waals surface area contributed by atoms with Crippen molar-refractivity contribution in [3.05, 3.63) is 23.5 Å². The Bertz CT molecular complexity index is 440. The Morgan fingerprint density at radius 1 is 1.41 bits per heavy atom. The van der Waals surface area contributed by atoms with Gasteiger partial charge < -0.3 is 16.1 Å². The third kappa shape index (κ3) is 2.63. The van der Waals surface area contributed by atoms with Gasteiger partial charge in [-0.1, -0.05) is 16.2 Å². The zero-order chi connectivity index (χ0) is 12.8. The largest absolute Gasteiger partial charge is 0.411 e. The minimum absolute atomic E-state index is 0.367. The van der Waals surface area contributed by atoms with Crippen molar-refractivity contribution in [1.29, 1.82) is 0 Å². The number of oxime groups is 2. The van der Waals surface area contributed by atoms with Crippen molar-refractivity contribution in [3.63, 3.8) is 0 Å². The number of urea groups is 1. The van der Waals surface area contributed by atoms with E-state index in [1.807, 2.05) is 0 Å². The molecule has 0 atom stereocenters. The molecular formula is C10H10N4O3. The lowest BCUT2D eigenvalue weighted by Crippen LogP contribution is -2.31. The van der Waals surface area contributed by atoms with Crippen LogP contribution in [0, 0.1) is 18.3 Å². The molecule has 0 aromatic rings. The molecule has 0 aliphatic carbocycles. The second-order valence-corrected chi connectivity index (χ2v) is 3.09. The van der Waals surface area contributed by atoms with Crippen LogP contribution in [0.25, 0.3) is 0 Å². The van der Waals surface area contributed by atoms with Crippen molar-refractivity contribution in [2.24, 2.45) is 22.0 Å².